The Morgan fingerprint density at radius 2 is 2.00 bits per heavy atom. The van der Waals surface area contributed by atoms with E-state index in [-0.39, 0.29) is 5.57 Å². The van der Waals surface area contributed by atoms with Gasteiger partial charge in [0.2, 0.25) is 0 Å². The van der Waals surface area contributed by atoms with Gasteiger partial charge in [0.25, 0.3) is 0 Å². The van der Waals surface area contributed by atoms with E-state index in [1.54, 1.807) is 42.5 Å². The zero-order chi connectivity index (χ0) is 14.6. The van der Waals surface area contributed by atoms with Gasteiger partial charge in [-0.3, -0.25) is 0 Å². The van der Waals surface area contributed by atoms with Crippen LogP contribution in [0.3, 0.4) is 0 Å². The third-order valence-corrected chi connectivity index (χ3v) is 3.09. The molecule has 20 heavy (non-hydrogen) atoms. The Morgan fingerprint density at radius 3 is 2.60 bits per heavy atom. The van der Waals surface area contributed by atoms with Crippen LogP contribution in [0.15, 0.2) is 60.7 Å². The minimum atomic E-state index is -1.39. The highest BCUT2D eigenvalue weighted by atomic mass is 16.6. The van der Waals surface area contributed by atoms with Crippen molar-refractivity contribution in [1.82, 2.24) is 0 Å². The molecule has 4 heteroatoms. The van der Waals surface area contributed by atoms with E-state index < -0.39 is 11.6 Å². The lowest BCUT2D eigenvalue weighted by molar-refractivity contribution is -0.132. The number of carbonyl (C=O) groups is 1. The molecule has 0 saturated carbocycles. The molecule has 1 atom stereocenters. The van der Waals surface area contributed by atoms with Crippen LogP contribution in [0.2, 0.25) is 0 Å². The maximum Gasteiger partial charge on any atom is 0.342 e. The summed E-state index contributed by atoms with van der Waals surface area (Å²) >= 11 is 0. The molecule has 0 fully saturated rings. The van der Waals surface area contributed by atoms with Gasteiger partial charge >= 0.3 is 5.97 Å². The van der Waals surface area contributed by atoms with E-state index in [0.717, 1.165) is 0 Å². The summed E-state index contributed by atoms with van der Waals surface area (Å²) in [6, 6.07) is 6.80. The van der Waals surface area contributed by atoms with Crippen molar-refractivity contribution in [3.8, 4) is 11.5 Å². The number of benzene rings is 1. The molecule has 0 radical (unpaired) electrons. The lowest BCUT2D eigenvalue weighted by Gasteiger charge is -2.26. The van der Waals surface area contributed by atoms with E-state index >= 15 is 0 Å². The van der Waals surface area contributed by atoms with Gasteiger partial charge in [0.15, 0.2) is 11.5 Å². The quantitative estimate of drug-likeness (QED) is 0.519. The fraction of sp³-hybridized carbons (Fsp3) is 0.188. The summed E-state index contributed by atoms with van der Waals surface area (Å²) in [4.78, 5) is 12.1. The van der Waals surface area contributed by atoms with Crippen molar-refractivity contribution in [3.05, 3.63) is 60.7 Å². The Balaban J connectivity index is 2.14. The predicted molar refractivity (Wildman–Crippen MR) is 75.6 cm³/mol. The summed E-state index contributed by atoms with van der Waals surface area (Å²) in [5, 5.41) is 10.3. The van der Waals surface area contributed by atoms with Crippen molar-refractivity contribution in [2.75, 3.05) is 7.11 Å². The van der Waals surface area contributed by atoms with Gasteiger partial charge in [-0.1, -0.05) is 36.9 Å². The number of hydrogen-bond donors (Lipinski definition) is 1. The highest BCUT2D eigenvalue weighted by Gasteiger charge is 2.33. The highest BCUT2D eigenvalue weighted by Crippen LogP contribution is 2.30. The molecule has 1 aromatic rings. The maximum absolute atomic E-state index is 12.1. The third-order valence-electron chi connectivity index (χ3n) is 3.09. The highest BCUT2D eigenvalue weighted by molar-refractivity contribution is 5.92. The largest absolute Gasteiger partial charge is 0.493 e. The SMILES string of the molecule is C=C(C(=O)Oc1ccccc1OC)C1(O)C=CC=CC1. The second-order valence-corrected chi connectivity index (χ2v) is 4.43. The lowest BCUT2D eigenvalue weighted by atomic mass is 9.88. The van der Waals surface area contributed by atoms with Crippen LogP contribution in [0.4, 0.5) is 0 Å². The first kappa shape index (κ1) is 14.1. The van der Waals surface area contributed by atoms with E-state index in [0.29, 0.717) is 17.9 Å². The molecule has 0 aliphatic heterocycles. The molecule has 0 amide bonds. The number of carbonyl (C=O) groups excluding carboxylic acids is 1. The Hall–Kier alpha value is -2.33. The van der Waals surface area contributed by atoms with Gasteiger partial charge in [0.1, 0.15) is 5.60 Å². The fourth-order valence-electron chi connectivity index (χ4n) is 1.87. The normalized spacial score (nSPS) is 20.5. The zero-order valence-corrected chi connectivity index (χ0v) is 11.2. The van der Waals surface area contributed by atoms with Crippen molar-refractivity contribution in [1.29, 1.82) is 0 Å². The first-order chi connectivity index (χ1) is 9.57. The number of allylic oxidation sites excluding steroid dienone is 2. The summed E-state index contributed by atoms with van der Waals surface area (Å²) in [6.45, 7) is 3.65. The first-order valence-electron chi connectivity index (χ1n) is 6.18. The van der Waals surface area contributed by atoms with Crippen LogP contribution in [0.1, 0.15) is 6.42 Å². The molecule has 0 spiro atoms. The Bertz CT molecular complexity index is 586. The van der Waals surface area contributed by atoms with Gasteiger partial charge in [0, 0.05) is 6.42 Å². The second-order valence-electron chi connectivity index (χ2n) is 4.43. The molecule has 0 heterocycles. The number of ether oxygens (including phenoxy) is 2. The molecule has 1 aliphatic carbocycles. The van der Waals surface area contributed by atoms with E-state index in [4.69, 9.17) is 9.47 Å². The van der Waals surface area contributed by atoms with Crippen molar-refractivity contribution in [2.24, 2.45) is 0 Å². The van der Waals surface area contributed by atoms with E-state index in [1.165, 1.54) is 13.2 Å². The van der Waals surface area contributed by atoms with Crippen molar-refractivity contribution >= 4 is 5.97 Å². The van der Waals surface area contributed by atoms with Gasteiger partial charge in [0.05, 0.1) is 12.7 Å². The predicted octanol–water partition coefficient (Wildman–Crippen LogP) is 2.40. The maximum atomic E-state index is 12.1. The van der Waals surface area contributed by atoms with Crippen molar-refractivity contribution in [3.63, 3.8) is 0 Å². The topological polar surface area (TPSA) is 55.8 Å². The summed E-state index contributed by atoms with van der Waals surface area (Å²) < 4.78 is 10.3. The van der Waals surface area contributed by atoms with Crippen LogP contribution in [0.5, 0.6) is 11.5 Å². The Kier molecular flexibility index (Phi) is 4.05. The van der Waals surface area contributed by atoms with E-state index in [9.17, 15) is 9.90 Å². The van der Waals surface area contributed by atoms with Crippen LogP contribution in [0, 0.1) is 0 Å². The number of rotatable bonds is 4. The van der Waals surface area contributed by atoms with E-state index in [1.807, 2.05) is 0 Å². The van der Waals surface area contributed by atoms with Gasteiger partial charge < -0.3 is 14.6 Å². The average molecular weight is 272 g/mol. The molecular weight excluding hydrogens is 256 g/mol. The molecule has 0 aromatic heterocycles. The minimum absolute atomic E-state index is 0.0102. The van der Waals surface area contributed by atoms with Gasteiger partial charge in [-0.05, 0) is 18.2 Å². The monoisotopic (exact) mass is 272 g/mol. The lowest BCUT2D eigenvalue weighted by Crippen LogP contribution is -2.34. The van der Waals surface area contributed by atoms with Crippen LogP contribution in [-0.2, 0) is 4.79 Å². The standard InChI is InChI=1S/C16H16O4/c1-12(16(18)10-6-3-7-11-16)15(17)20-14-9-5-4-8-13(14)19-2/h3-10,18H,1,11H2,2H3. The fourth-order valence-corrected chi connectivity index (χ4v) is 1.87. The third kappa shape index (κ3) is 2.81. The number of esters is 1. The van der Waals surface area contributed by atoms with Gasteiger partial charge in [-0.25, -0.2) is 4.79 Å². The average Bonchev–Trinajstić information content (AvgIpc) is 2.47. The molecule has 1 unspecified atom stereocenters. The first-order valence-corrected chi connectivity index (χ1v) is 6.18. The van der Waals surface area contributed by atoms with Crippen LogP contribution >= 0.6 is 0 Å². The molecular formula is C16H16O4. The molecule has 4 nitrogen and oxygen atoms in total. The number of aliphatic hydroxyl groups is 1. The molecule has 0 saturated heterocycles. The summed E-state index contributed by atoms with van der Waals surface area (Å²) in [5.74, 6) is 0.0525. The molecule has 104 valence electrons. The van der Waals surface area contributed by atoms with E-state index in [2.05, 4.69) is 6.58 Å². The number of para-hydroxylation sites is 2. The molecule has 2 rings (SSSR count). The second kappa shape index (κ2) is 5.75. The van der Waals surface area contributed by atoms with Crippen LogP contribution in [0.25, 0.3) is 0 Å². The van der Waals surface area contributed by atoms with Crippen molar-refractivity contribution < 1.29 is 19.4 Å². The zero-order valence-electron chi connectivity index (χ0n) is 11.2. The molecule has 1 aliphatic rings. The minimum Gasteiger partial charge on any atom is -0.493 e. The Labute approximate surface area is 117 Å². The molecule has 0 bridgehead atoms. The number of hydrogen-bond acceptors (Lipinski definition) is 4. The summed E-state index contributed by atoms with van der Waals surface area (Å²) in [7, 11) is 1.49. The van der Waals surface area contributed by atoms with Gasteiger partial charge in [-0.15, -0.1) is 0 Å². The number of methoxy groups -OCH3 is 1. The van der Waals surface area contributed by atoms with Crippen LogP contribution in [-0.4, -0.2) is 23.8 Å². The smallest absolute Gasteiger partial charge is 0.342 e. The van der Waals surface area contributed by atoms with Crippen molar-refractivity contribution in [2.45, 2.75) is 12.0 Å². The molecule has 1 N–H and O–H groups in total. The Morgan fingerprint density at radius 1 is 1.30 bits per heavy atom. The van der Waals surface area contributed by atoms with Crippen LogP contribution < -0.4 is 9.47 Å². The summed E-state index contributed by atoms with van der Waals surface area (Å²) in [6.07, 6.45) is 7.06. The summed E-state index contributed by atoms with van der Waals surface area (Å²) in [5.41, 5.74) is -1.41. The molecule has 1 aromatic carbocycles. The van der Waals surface area contributed by atoms with Gasteiger partial charge in [-0.2, -0.15) is 0 Å².